The van der Waals surface area contributed by atoms with E-state index < -0.39 is 35.8 Å². The van der Waals surface area contributed by atoms with Gasteiger partial charge in [0.15, 0.2) is 5.71 Å². The maximum absolute atomic E-state index is 12.1. The van der Waals surface area contributed by atoms with Crippen molar-refractivity contribution in [2.45, 2.75) is 102 Å². The number of nitrogens with zero attached hydrogens (tertiary/aromatic N) is 2. The van der Waals surface area contributed by atoms with Crippen LogP contribution in [0, 0.1) is 5.92 Å². The van der Waals surface area contributed by atoms with Gasteiger partial charge >= 0.3 is 0 Å². The van der Waals surface area contributed by atoms with Crippen molar-refractivity contribution in [2.24, 2.45) is 5.92 Å². The monoisotopic (exact) mass is 815 g/mol. The molecule has 0 unspecified atom stereocenters. The Bertz CT molecular complexity index is 2310. The molecule has 0 saturated heterocycles. The van der Waals surface area contributed by atoms with Gasteiger partial charge in [-0.15, -0.1) is 0 Å². The van der Waals surface area contributed by atoms with Gasteiger partial charge in [-0.05, 0) is 105 Å². The normalized spacial score (nSPS) is 20.1. The fourth-order valence-corrected chi connectivity index (χ4v) is 10.1. The summed E-state index contributed by atoms with van der Waals surface area (Å²) in [5.41, 5.74) is 8.58. The molecule has 11 nitrogen and oxygen atoms in total. The summed E-state index contributed by atoms with van der Waals surface area (Å²) in [6.45, 7) is 13.8. The lowest BCUT2D eigenvalue weighted by Gasteiger charge is -2.28. The third-order valence-electron chi connectivity index (χ3n) is 11.1. The van der Waals surface area contributed by atoms with Gasteiger partial charge in [-0.3, -0.25) is 13.7 Å². The smallest absolute Gasteiger partial charge is 0.294 e. The molecule has 0 fully saturated rings. The number of rotatable bonds is 15. The van der Waals surface area contributed by atoms with Gasteiger partial charge in [-0.2, -0.15) is 29.8 Å². The number of unbranched alkanes of at least 4 members (excludes halogenated alkanes) is 2. The van der Waals surface area contributed by atoms with Gasteiger partial charge in [0.2, 0.25) is 5.69 Å². The minimum Gasteiger partial charge on any atom is -0.344 e. The zero-order chi connectivity index (χ0) is 40.6. The van der Waals surface area contributed by atoms with Crippen molar-refractivity contribution in [3.05, 3.63) is 100 Å². The summed E-state index contributed by atoms with van der Waals surface area (Å²) in [7, 11) is -12.6. The van der Waals surface area contributed by atoms with Crippen LogP contribution < -0.4 is 4.90 Å². The van der Waals surface area contributed by atoms with E-state index in [1.54, 1.807) is 6.07 Å². The lowest BCUT2D eigenvalue weighted by atomic mass is 9.79. The van der Waals surface area contributed by atoms with Gasteiger partial charge in [-0.25, -0.2) is 0 Å². The first kappa shape index (κ1) is 42.7. The van der Waals surface area contributed by atoms with Gasteiger partial charge in [0.1, 0.15) is 6.54 Å². The Morgan fingerprint density at radius 2 is 1.44 bits per heavy atom. The molecule has 0 radical (unpaired) electrons. The lowest BCUT2D eigenvalue weighted by molar-refractivity contribution is -0.438. The average molecular weight is 816 g/mol. The van der Waals surface area contributed by atoms with E-state index in [1.165, 1.54) is 34.4 Å². The largest absolute Gasteiger partial charge is 0.344 e. The van der Waals surface area contributed by atoms with Crippen molar-refractivity contribution in [3.63, 3.8) is 0 Å². The molecule has 1 aliphatic carbocycles. The Morgan fingerprint density at radius 1 is 0.782 bits per heavy atom. The van der Waals surface area contributed by atoms with Crippen LogP contribution in [0.4, 0.5) is 11.4 Å². The predicted octanol–water partition coefficient (Wildman–Crippen LogP) is 7.95. The van der Waals surface area contributed by atoms with Crippen LogP contribution in [0.5, 0.6) is 0 Å². The summed E-state index contributed by atoms with van der Waals surface area (Å²) in [4.78, 5) is 1.88. The van der Waals surface area contributed by atoms with Crippen LogP contribution in [-0.2, 0) is 41.2 Å². The van der Waals surface area contributed by atoms with E-state index in [9.17, 15) is 38.9 Å². The number of hydrogen-bond acceptors (Lipinski definition) is 7. The summed E-state index contributed by atoms with van der Waals surface area (Å²) < 4.78 is 101. The Hall–Kier alpha value is -3.40. The molecule has 300 valence electrons. The first-order valence-corrected chi connectivity index (χ1v) is 23.6. The number of benzene rings is 2. The molecule has 0 bridgehead atoms. The van der Waals surface area contributed by atoms with Gasteiger partial charge < -0.3 is 4.90 Å². The van der Waals surface area contributed by atoms with Crippen LogP contribution in [-0.4, -0.2) is 73.8 Å². The van der Waals surface area contributed by atoms with Crippen LogP contribution in [0.3, 0.4) is 0 Å². The van der Waals surface area contributed by atoms with Crippen LogP contribution in [0.2, 0.25) is 0 Å². The Kier molecular flexibility index (Phi) is 12.6. The fraction of sp³-hybridized carbons (Fsp3) is 0.488. The van der Waals surface area contributed by atoms with Gasteiger partial charge in [0.25, 0.3) is 30.4 Å². The molecular weight excluding hydrogens is 761 g/mol. The number of fused-ring (bicyclic) bond motifs is 2. The molecule has 3 aliphatic rings. The highest BCUT2D eigenvalue weighted by molar-refractivity contribution is 7.86. The molecule has 14 heteroatoms. The quantitative estimate of drug-likeness (QED) is 0.0912. The second-order valence-corrected chi connectivity index (χ2v) is 20.7. The molecule has 0 atom stereocenters. The third-order valence-corrected chi connectivity index (χ3v) is 13.5. The van der Waals surface area contributed by atoms with E-state index in [0.717, 1.165) is 47.6 Å². The van der Waals surface area contributed by atoms with Crippen LogP contribution >= 0.6 is 0 Å². The summed E-state index contributed by atoms with van der Waals surface area (Å²) in [6, 6.07) is 12.8. The maximum Gasteiger partial charge on any atom is 0.294 e. The standard InChI is InChI=1S/C41H54N2O9S3/c1-29(2)39-30(18-22-37-40(3,4)33-16-7-8-17-35(33)42(37)24-9-11-26-53(44,45)46)14-13-15-31(39)19-23-38-41(5,6)34-28-32(55(50,51)52)20-21-36(34)43(38)25-10-12-27-54(47,48)49/h7-8,16-23,28-29H,9-15,24-27H2,1-6H3,(H2-,44,45,46,47,48,49,50,51,52)/p+1. The number of para-hydroxylation sites is 1. The van der Waals surface area contributed by atoms with E-state index in [0.29, 0.717) is 32.4 Å². The Labute approximate surface area is 327 Å². The summed E-state index contributed by atoms with van der Waals surface area (Å²) in [6.07, 6.45) is 13.1. The molecule has 0 saturated carbocycles. The molecule has 55 heavy (non-hydrogen) atoms. The summed E-state index contributed by atoms with van der Waals surface area (Å²) in [5, 5.41) is 0. The van der Waals surface area contributed by atoms with Crippen LogP contribution in [0.25, 0.3) is 0 Å². The Morgan fingerprint density at radius 3 is 2.07 bits per heavy atom. The van der Waals surface area contributed by atoms with Crippen LogP contribution in [0.15, 0.2) is 94.1 Å². The second kappa shape index (κ2) is 16.2. The molecule has 0 spiro atoms. The van der Waals surface area contributed by atoms with E-state index in [2.05, 4.69) is 73.6 Å². The molecule has 3 N–H and O–H groups in total. The van der Waals surface area contributed by atoms with Crippen molar-refractivity contribution in [3.8, 4) is 0 Å². The SMILES string of the molecule is CC(C)C1=C(/C=C/C2=[N+](CCCCS(=O)(=O)O)c3ccccc3C2(C)C)CCC/C1=C\C=C1\N(CCCCS(=O)(=O)O)c2ccc(S(=O)(=O)O)cc2C1(C)C. The zero-order valence-corrected chi connectivity index (χ0v) is 35.1. The zero-order valence-electron chi connectivity index (χ0n) is 32.6. The van der Waals surface area contributed by atoms with Crippen molar-refractivity contribution in [2.75, 3.05) is 29.5 Å². The third kappa shape index (κ3) is 9.77. The molecule has 2 aliphatic heterocycles. The molecule has 0 amide bonds. The van der Waals surface area contributed by atoms with Crippen LogP contribution in [0.1, 0.15) is 97.6 Å². The molecule has 2 aromatic carbocycles. The highest BCUT2D eigenvalue weighted by atomic mass is 32.2. The predicted molar refractivity (Wildman–Crippen MR) is 218 cm³/mol. The first-order chi connectivity index (χ1) is 25.5. The lowest BCUT2D eigenvalue weighted by Crippen LogP contribution is -2.28. The Balaban J connectivity index is 1.54. The minimum absolute atomic E-state index is 0.193. The fourth-order valence-electron chi connectivity index (χ4n) is 8.44. The van der Waals surface area contributed by atoms with E-state index in [-0.39, 0.29) is 34.2 Å². The average Bonchev–Trinajstić information content (AvgIpc) is 3.43. The number of allylic oxidation sites excluding steroid dienone is 8. The highest BCUT2D eigenvalue weighted by Gasteiger charge is 2.44. The van der Waals surface area contributed by atoms with Crippen molar-refractivity contribution >= 4 is 47.4 Å². The molecule has 5 rings (SSSR count). The molecular formula is C41H55N2O9S3+. The molecule has 0 aromatic heterocycles. The topological polar surface area (TPSA) is 169 Å². The van der Waals surface area contributed by atoms with E-state index in [4.69, 9.17) is 0 Å². The first-order valence-electron chi connectivity index (χ1n) is 18.9. The van der Waals surface area contributed by atoms with Crippen molar-refractivity contribution in [1.29, 1.82) is 0 Å². The summed E-state index contributed by atoms with van der Waals surface area (Å²) >= 11 is 0. The second-order valence-electron chi connectivity index (χ2n) is 16.1. The van der Waals surface area contributed by atoms with Crippen molar-refractivity contribution in [1.82, 2.24) is 0 Å². The van der Waals surface area contributed by atoms with Gasteiger partial charge in [0, 0.05) is 47.5 Å². The minimum atomic E-state index is -4.44. The highest BCUT2D eigenvalue weighted by Crippen LogP contribution is 2.49. The summed E-state index contributed by atoms with van der Waals surface area (Å²) in [5.74, 6) is -0.412. The van der Waals surface area contributed by atoms with E-state index in [1.807, 2.05) is 26.0 Å². The number of anilines is 1. The maximum atomic E-state index is 12.1. The number of hydrogen-bond donors (Lipinski definition) is 3. The molecule has 2 aromatic rings. The molecule has 2 heterocycles. The van der Waals surface area contributed by atoms with Gasteiger partial charge in [0.05, 0.1) is 21.8 Å². The van der Waals surface area contributed by atoms with Crippen molar-refractivity contribution < 1.29 is 43.5 Å². The van der Waals surface area contributed by atoms with E-state index >= 15 is 0 Å². The van der Waals surface area contributed by atoms with Gasteiger partial charge in [-0.1, -0.05) is 58.0 Å².